The van der Waals surface area contributed by atoms with E-state index in [1.54, 1.807) is 42.5 Å². The molecule has 0 aliphatic heterocycles. The van der Waals surface area contributed by atoms with Crippen molar-refractivity contribution in [3.8, 4) is 0 Å². The summed E-state index contributed by atoms with van der Waals surface area (Å²) in [4.78, 5) is 48.0. The summed E-state index contributed by atoms with van der Waals surface area (Å²) in [7, 11) is 1.27. The van der Waals surface area contributed by atoms with E-state index in [0.29, 0.717) is 17.1 Å². The number of carbonyl (C=O) groups excluding carboxylic acids is 4. The van der Waals surface area contributed by atoms with Gasteiger partial charge in [0, 0.05) is 24.0 Å². The van der Waals surface area contributed by atoms with E-state index in [4.69, 9.17) is 0 Å². The molecular formula is C21H23N3O5. The van der Waals surface area contributed by atoms with Crippen LogP contribution in [0.2, 0.25) is 0 Å². The summed E-state index contributed by atoms with van der Waals surface area (Å²) < 4.78 is 4.66. The Kier molecular flexibility index (Phi) is 6.71. The van der Waals surface area contributed by atoms with Crippen LogP contribution in [0.4, 0.5) is 17.1 Å². The molecule has 0 heterocycles. The van der Waals surface area contributed by atoms with Crippen molar-refractivity contribution >= 4 is 40.8 Å². The van der Waals surface area contributed by atoms with Gasteiger partial charge in [-0.15, -0.1) is 0 Å². The van der Waals surface area contributed by atoms with Gasteiger partial charge in [-0.2, -0.15) is 0 Å². The number of carbonyl (C=O) groups is 4. The number of rotatable bonds is 6. The molecule has 0 bridgehead atoms. The lowest BCUT2D eigenvalue weighted by Gasteiger charge is -2.23. The van der Waals surface area contributed by atoms with Gasteiger partial charge in [-0.05, 0) is 56.3 Å². The van der Waals surface area contributed by atoms with E-state index < -0.39 is 23.2 Å². The van der Waals surface area contributed by atoms with Crippen LogP contribution in [0.15, 0.2) is 48.5 Å². The van der Waals surface area contributed by atoms with Crippen LogP contribution >= 0.6 is 0 Å². The number of benzene rings is 2. The van der Waals surface area contributed by atoms with Gasteiger partial charge in [0.15, 0.2) is 0 Å². The Morgan fingerprint density at radius 1 is 0.793 bits per heavy atom. The van der Waals surface area contributed by atoms with E-state index in [9.17, 15) is 19.2 Å². The molecule has 2 aromatic carbocycles. The van der Waals surface area contributed by atoms with E-state index in [-0.39, 0.29) is 11.5 Å². The monoisotopic (exact) mass is 397 g/mol. The SMILES string of the molecule is COC(=O)c1cccc(NC(=O)C(C)(C)C(=O)Nc2ccc(NC(C)=O)cc2)c1. The molecule has 8 nitrogen and oxygen atoms in total. The number of hydrogen-bond acceptors (Lipinski definition) is 5. The maximum atomic E-state index is 12.7. The molecule has 2 aromatic rings. The van der Waals surface area contributed by atoms with Crippen LogP contribution in [0.25, 0.3) is 0 Å². The van der Waals surface area contributed by atoms with Gasteiger partial charge in [-0.1, -0.05) is 6.07 Å². The molecule has 0 saturated heterocycles. The topological polar surface area (TPSA) is 114 Å². The molecule has 0 aliphatic carbocycles. The first-order valence-electron chi connectivity index (χ1n) is 8.82. The van der Waals surface area contributed by atoms with Crippen molar-refractivity contribution in [1.29, 1.82) is 0 Å². The second kappa shape index (κ2) is 9.01. The molecule has 0 atom stereocenters. The average molecular weight is 397 g/mol. The standard InChI is InChI=1S/C21H23N3O5/c1-13(25)22-15-8-10-16(11-9-15)23-19(27)21(2,3)20(28)24-17-7-5-6-14(12-17)18(26)29-4/h5-12H,1-4H3,(H,22,25)(H,23,27)(H,24,28). The minimum Gasteiger partial charge on any atom is -0.465 e. The largest absolute Gasteiger partial charge is 0.465 e. The molecule has 0 unspecified atom stereocenters. The highest BCUT2D eigenvalue weighted by atomic mass is 16.5. The Morgan fingerprint density at radius 3 is 1.83 bits per heavy atom. The predicted molar refractivity (Wildman–Crippen MR) is 110 cm³/mol. The van der Waals surface area contributed by atoms with Crippen molar-refractivity contribution in [3.05, 3.63) is 54.1 Å². The van der Waals surface area contributed by atoms with Gasteiger partial charge in [-0.25, -0.2) is 4.79 Å². The molecule has 3 N–H and O–H groups in total. The number of methoxy groups -OCH3 is 1. The minimum atomic E-state index is -1.39. The van der Waals surface area contributed by atoms with Crippen molar-refractivity contribution in [2.24, 2.45) is 5.41 Å². The second-order valence-electron chi connectivity index (χ2n) is 6.86. The Labute approximate surface area is 168 Å². The van der Waals surface area contributed by atoms with Gasteiger partial charge in [0.2, 0.25) is 17.7 Å². The normalized spacial score (nSPS) is 10.6. The van der Waals surface area contributed by atoms with E-state index in [2.05, 4.69) is 20.7 Å². The quantitative estimate of drug-likeness (QED) is 0.512. The van der Waals surface area contributed by atoms with Crippen molar-refractivity contribution in [1.82, 2.24) is 0 Å². The summed E-state index contributed by atoms with van der Waals surface area (Å²) in [6, 6.07) is 12.8. The zero-order valence-corrected chi connectivity index (χ0v) is 16.7. The van der Waals surface area contributed by atoms with Crippen LogP contribution in [0.5, 0.6) is 0 Å². The fraction of sp³-hybridized carbons (Fsp3) is 0.238. The molecule has 0 fully saturated rings. The maximum Gasteiger partial charge on any atom is 0.337 e. The summed E-state index contributed by atoms with van der Waals surface area (Å²) in [6.07, 6.45) is 0. The van der Waals surface area contributed by atoms with Crippen LogP contribution in [-0.2, 0) is 19.1 Å². The Balaban J connectivity index is 2.06. The third-order valence-electron chi connectivity index (χ3n) is 4.14. The van der Waals surface area contributed by atoms with Gasteiger partial charge < -0.3 is 20.7 Å². The zero-order valence-electron chi connectivity index (χ0n) is 16.7. The first-order valence-corrected chi connectivity index (χ1v) is 8.82. The zero-order chi connectivity index (χ0) is 21.6. The van der Waals surface area contributed by atoms with Crippen molar-refractivity contribution in [3.63, 3.8) is 0 Å². The van der Waals surface area contributed by atoms with Gasteiger partial charge in [0.1, 0.15) is 5.41 Å². The molecule has 2 rings (SSSR count). The smallest absolute Gasteiger partial charge is 0.337 e. The van der Waals surface area contributed by atoms with E-state index in [1.165, 1.54) is 33.9 Å². The van der Waals surface area contributed by atoms with Crippen LogP contribution < -0.4 is 16.0 Å². The van der Waals surface area contributed by atoms with Crippen LogP contribution in [0.1, 0.15) is 31.1 Å². The third-order valence-corrected chi connectivity index (χ3v) is 4.14. The van der Waals surface area contributed by atoms with Crippen LogP contribution in [0, 0.1) is 5.41 Å². The first-order chi connectivity index (χ1) is 13.6. The first kappa shape index (κ1) is 21.6. The molecule has 0 aromatic heterocycles. The molecule has 29 heavy (non-hydrogen) atoms. The lowest BCUT2D eigenvalue weighted by atomic mass is 9.90. The molecule has 8 heteroatoms. The van der Waals surface area contributed by atoms with E-state index >= 15 is 0 Å². The Hall–Kier alpha value is -3.68. The summed E-state index contributed by atoms with van der Waals surface area (Å²) >= 11 is 0. The highest BCUT2D eigenvalue weighted by Gasteiger charge is 2.36. The Bertz CT molecular complexity index is 936. The number of esters is 1. The minimum absolute atomic E-state index is 0.198. The summed E-state index contributed by atoms with van der Waals surface area (Å²) in [6.45, 7) is 4.39. The predicted octanol–water partition coefficient (Wildman–Crippen LogP) is 3.04. The number of hydrogen-bond donors (Lipinski definition) is 3. The molecule has 0 radical (unpaired) electrons. The number of anilines is 3. The average Bonchev–Trinajstić information content (AvgIpc) is 2.68. The lowest BCUT2D eigenvalue weighted by molar-refractivity contribution is -0.135. The summed E-state index contributed by atoms with van der Waals surface area (Å²) in [5, 5.41) is 7.95. The summed E-state index contributed by atoms with van der Waals surface area (Å²) in [5.41, 5.74) is 0.346. The van der Waals surface area contributed by atoms with Crippen LogP contribution in [0.3, 0.4) is 0 Å². The van der Waals surface area contributed by atoms with Gasteiger partial charge in [-0.3, -0.25) is 14.4 Å². The Morgan fingerprint density at radius 2 is 1.31 bits per heavy atom. The molecular weight excluding hydrogens is 374 g/mol. The van der Waals surface area contributed by atoms with Gasteiger partial charge in [0.25, 0.3) is 0 Å². The maximum absolute atomic E-state index is 12.7. The molecule has 0 spiro atoms. The van der Waals surface area contributed by atoms with Gasteiger partial charge in [0.05, 0.1) is 12.7 Å². The van der Waals surface area contributed by atoms with E-state index in [0.717, 1.165) is 0 Å². The fourth-order valence-electron chi connectivity index (χ4n) is 2.36. The molecule has 152 valence electrons. The molecule has 0 aliphatic rings. The number of amides is 3. The third kappa shape index (κ3) is 5.65. The fourth-order valence-corrected chi connectivity index (χ4v) is 2.36. The molecule has 3 amide bonds. The highest BCUT2D eigenvalue weighted by Crippen LogP contribution is 2.23. The van der Waals surface area contributed by atoms with Gasteiger partial charge >= 0.3 is 5.97 Å². The number of nitrogens with one attached hydrogen (secondary N) is 3. The van der Waals surface area contributed by atoms with Crippen molar-refractivity contribution in [2.45, 2.75) is 20.8 Å². The van der Waals surface area contributed by atoms with Crippen molar-refractivity contribution < 1.29 is 23.9 Å². The van der Waals surface area contributed by atoms with Crippen molar-refractivity contribution in [2.75, 3.05) is 23.1 Å². The van der Waals surface area contributed by atoms with Crippen LogP contribution in [-0.4, -0.2) is 30.8 Å². The summed E-state index contributed by atoms with van der Waals surface area (Å²) in [5.74, 6) is -1.77. The highest BCUT2D eigenvalue weighted by molar-refractivity contribution is 6.14. The lowest BCUT2D eigenvalue weighted by Crippen LogP contribution is -2.41. The second-order valence-corrected chi connectivity index (χ2v) is 6.86. The number of ether oxygens (including phenoxy) is 1. The molecule has 0 saturated carbocycles. The van der Waals surface area contributed by atoms with E-state index in [1.807, 2.05) is 0 Å².